The van der Waals surface area contributed by atoms with E-state index in [1.165, 1.54) is 0 Å². The SMILES string of the molecule is CC(C)(C)[Si](C)(C)O[C@@H]1[C@H](OP(O)O)[C@@H](CO)O[C@H]1n1cnc2c(NC(=O)c3ccccc3)nccc21. The van der Waals surface area contributed by atoms with Crippen molar-refractivity contribution in [3.05, 3.63) is 54.5 Å². The van der Waals surface area contributed by atoms with Crippen LogP contribution < -0.4 is 5.32 Å². The molecule has 1 amide bonds. The average molecular weight is 549 g/mol. The lowest BCUT2D eigenvalue weighted by atomic mass is 10.1. The van der Waals surface area contributed by atoms with Gasteiger partial charge in [-0.1, -0.05) is 39.0 Å². The number of fused-ring (bicyclic) bond motifs is 1. The smallest absolute Gasteiger partial charge is 0.327 e. The van der Waals surface area contributed by atoms with Crippen LogP contribution in [0.3, 0.4) is 0 Å². The van der Waals surface area contributed by atoms with Crippen molar-refractivity contribution >= 4 is 39.7 Å². The van der Waals surface area contributed by atoms with Crippen LogP contribution >= 0.6 is 8.60 Å². The van der Waals surface area contributed by atoms with Crippen LogP contribution in [0.15, 0.2) is 48.9 Å². The molecular weight excluding hydrogens is 515 g/mol. The molecule has 3 aromatic rings. The molecule has 0 saturated carbocycles. The number of aliphatic hydroxyl groups excluding tert-OH is 1. The maximum atomic E-state index is 12.7. The predicted molar refractivity (Wildman–Crippen MR) is 141 cm³/mol. The fraction of sp³-hybridized carbons (Fsp3) is 0.458. The van der Waals surface area contributed by atoms with Gasteiger partial charge in [0, 0.05) is 11.8 Å². The highest BCUT2D eigenvalue weighted by Crippen LogP contribution is 2.45. The highest BCUT2D eigenvalue weighted by molar-refractivity contribution is 7.39. The van der Waals surface area contributed by atoms with Crippen molar-refractivity contribution in [1.82, 2.24) is 14.5 Å². The van der Waals surface area contributed by atoms with Crippen LogP contribution in [0.4, 0.5) is 5.82 Å². The number of amides is 1. The van der Waals surface area contributed by atoms with Gasteiger partial charge in [0.15, 0.2) is 20.4 Å². The molecule has 0 bridgehead atoms. The molecule has 37 heavy (non-hydrogen) atoms. The summed E-state index contributed by atoms with van der Waals surface area (Å²) >= 11 is 0. The predicted octanol–water partition coefficient (Wildman–Crippen LogP) is 3.56. The quantitative estimate of drug-likeness (QED) is 0.245. The second-order valence-corrected chi connectivity index (χ2v) is 15.9. The standard InChI is InChI=1S/C24H33N4O7PSi/c1-24(2,3)37(4,5)35-20-19(34-36(31)32)17(13-29)33-23(20)28-14-26-18-16(28)11-12-25-21(18)27-22(30)15-9-7-6-8-10-15/h6-12,14,17,19-20,23,29,31-32H,13H2,1-5H3,(H,25,27,30)/t17-,19-,20-,23-/m1/s1. The van der Waals surface area contributed by atoms with Gasteiger partial charge in [-0.15, -0.1) is 0 Å². The molecule has 1 fully saturated rings. The van der Waals surface area contributed by atoms with E-state index in [2.05, 4.69) is 49.1 Å². The number of pyridine rings is 1. The van der Waals surface area contributed by atoms with E-state index in [4.69, 9.17) is 13.7 Å². The molecule has 2 aromatic heterocycles. The molecule has 4 atom stereocenters. The van der Waals surface area contributed by atoms with E-state index in [1.807, 2.05) is 6.07 Å². The number of rotatable bonds is 8. The van der Waals surface area contributed by atoms with E-state index < -0.39 is 48.1 Å². The Hall–Kier alpha value is -2.28. The minimum atomic E-state index is -2.73. The first-order valence-corrected chi connectivity index (χ1v) is 16.0. The fourth-order valence-electron chi connectivity index (χ4n) is 3.98. The minimum Gasteiger partial charge on any atom is -0.407 e. The van der Waals surface area contributed by atoms with Crippen LogP contribution in [0.2, 0.25) is 18.1 Å². The van der Waals surface area contributed by atoms with Crippen molar-refractivity contribution in [3.8, 4) is 0 Å². The summed E-state index contributed by atoms with van der Waals surface area (Å²) in [7, 11) is -5.12. The van der Waals surface area contributed by atoms with Crippen molar-refractivity contribution in [1.29, 1.82) is 0 Å². The molecule has 0 spiro atoms. The van der Waals surface area contributed by atoms with Crippen molar-refractivity contribution < 1.29 is 33.4 Å². The summed E-state index contributed by atoms with van der Waals surface area (Å²) in [5.74, 6) is -0.0369. The van der Waals surface area contributed by atoms with Gasteiger partial charge in [0.2, 0.25) is 0 Å². The van der Waals surface area contributed by atoms with Crippen molar-refractivity contribution in [3.63, 3.8) is 0 Å². The van der Waals surface area contributed by atoms with Gasteiger partial charge in [-0.25, -0.2) is 9.97 Å². The molecule has 4 N–H and O–H groups in total. The van der Waals surface area contributed by atoms with Crippen LogP contribution in [-0.2, 0) is 13.7 Å². The van der Waals surface area contributed by atoms with E-state index in [1.54, 1.807) is 47.4 Å². The number of hydrogen-bond donors (Lipinski definition) is 4. The Labute approximate surface area is 217 Å². The monoisotopic (exact) mass is 548 g/mol. The first-order valence-electron chi connectivity index (χ1n) is 11.9. The van der Waals surface area contributed by atoms with Crippen LogP contribution in [0, 0.1) is 0 Å². The highest BCUT2D eigenvalue weighted by Gasteiger charge is 2.52. The zero-order valence-corrected chi connectivity index (χ0v) is 23.3. The van der Waals surface area contributed by atoms with Crippen molar-refractivity contribution in [2.45, 2.75) is 63.4 Å². The first-order chi connectivity index (χ1) is 17.4. The Morgan fingerprint density at radius 1 is 1.16 bits per heavy atom. The Kier molecular flexibility index (Phi) is 8.12. The number of carbonyl (C=O) groups is 1. The lowest BCUT2D eigenvalue weighted by molar-refractivity contribution is -0.0487. The molecule has 4 rings (SSSR count). The normalized spacial score (nSPS) is 22.6. The topological polar surface area (TPSA) is 148 Å². The van der Waals surface area contributed by atoms with Gasteiger partial charge in [0.1, 0.15) is 23.8 Å². The summed E-state index contributed by atoms with van der Waals surface area (Å²) in [6, 6.07) is 10.5. The largest absolute Gasteiger partial charge is 0.407 e. The van der Waals surface area contributed by atoms with Gasteiger partial charge in [-0.3, -0.25) is 4.79 Å². The average Bonchev–Trinajstić information content (AvgIpc) is 3.40. The number of imidazole rings is 1. The van der Waals surface area contributed by atoms with Gasteiger partial charge < -0.3 is 38.5 Å². The highest BCUT2D eigenvalue weighted by atomic mass is 31.2. The van der Waals surface area contributed by atoms with Gasteiger partial charge in [-0.2, -0.15) is 0 Å². The van der Waals surface area contributed by atoms with Crippen molar-refractivity contribution in [2.75, 3.05) is 11.9 Å². The third-order valence-corrected chi connectivity index (χ3v) is 11.9. The van der Waals surface area contributed by atoms with Crippen LogP contribution in [0.25, 0.3) is 11.0 Å². The number of aromatic nitrogens is 3. The lowest BCUT2D eigenvalue weighted by Gasteiger charge is -2.40. The molecular formula is C24H33N4O7PSi. The van der Waals surface area contributed by atoms with Gasteiger partial charge >= 0.3 is 8.60 Å². The Morgan fingerprint density at radius 2 is 1.86 bits per heavy atom. The number of carbonyl (C=O) groups excluding carboxylic acids is 1. The number of nitrogens with zero attached hydrogens (tertiary/aromatic N) is 3. The molecule has 1 saturated heterocycles. The van der Waals surface area contributed by atoms with E-state index in [0.29, 0.717) is 16.6 Å². The summed E-state index contributed by atoms with van der Waals surface area (Å²) in [6.07, 6.45) is -0.249. The summed E-state index contributed by atoms with van der Waals surface area (Å²) in [4.78, 5) is 40.8. The number of hydrogen-bond acceptors (Lipinski definition) is 9. The number of ether oxygens (including phenoxy) is 1. The summed E-state index contributed by atoms with van der Waals surface area (Å²) in [5, 5.41) is 12.7. The first kappa shape index (κ1) is 27.7. The Balaban J connectivity index is 1.72. The molecule has 0 unspecified atom stereocenters. The number of benzene rings is 1. The molecule has 1 aliphatic rings. The number of anilines is 1. The summed E-state index contributed by atoms with van der Waals surface area (Å²) < 4.78 is 20.0. The number of aliphatic hydroxyl groups is 1. The Bertz CT molecular complexity index is 1230. The molecule has 1 aromatic carbocycles. The number of nitrogens with one attached hydrogen (secondary N) is 1. The van der Waals surface area contributed by atoms with E-state index in [9.17, 15) is 19.7 Å². The second kappa shape index (κ2) is 10.8. The molecule has 13 heteroatoms. The third-order valence-electron chi connectivity index (χ3n) is 6.95. The maximum absolute atomic E-state index is 12.7. The van der Waals surface area contributed by atoms with E-state index in [0.717, 1.165) is 0 Å². The fourth-order valence-corrected chi connectivity index (χ4v) is 5.74. The van der Waals surface area contributed by atoms with Gasteiger partial charge in [0.25, 0.3) is 5.91 Å². The minimum absolute atomic E-state index is 0.154. The van der Waals surface area contributed by atoms with Gasteiger partial charge in [0.05, 0.1) is 18.5 Å². The molecule has 11 nitrogen and oxygen atoms in total. The Morgan fingerprint density at radius 3 is 2.49 bits per heavy atom. The molecule has 0 radical (unpaired) electrons. The summed E-state index contributed by atoms with van der Waals surface area (Å²) in [5.41, 5.74) is 1.54. The molecule has 0 aliphatic carbocycles. The third kappa shape index (κ3) is 5.76. The maximum Gasteiger partial charge on any atom is 0.327 e. The second-order valence-electron chi connectivity index (χ2n) is 10.4. The molecule has 1 aliphatic heterocycles. The zero-order chi connectivity index (χ0) is 27.0. The van der Waals surface area contributed by atoms with E-state index >= 15 is 0 Å². The van der Waals surface area contributed by atoms with Crippen molar-refractivity contribution in [2.24, 2.45) is 0 Å². The lowest BCUT2D eigenvalue weighted by Crippen LogP contribution is -2.49. The zero-order valence-electron chi connectivity index (χ0n) is 21.4. The molecule has 3 heterocycles. The molecule has 200 valence electrons. The van der Waals surface area contributed by atoms with Crippen LogP contribution in [0.1, 0.15) is 37.4 Å². The van der Waals surface area contributed by atoms with Crippen LogP contribution in [0.5, 0.6) is 0 Å². The van der Waals surface area contributed by atoms with E-state index in [-0.39, 0.29) is 16.8 Å². The van der Waals surface area contributed by atoms with Crippen LogP contribution in [-0.4, -0.2) is 68.6 Å². The summed E-state index contributed by atoms with van der Waals surface area (Å²) in [6.45, 7) is 10.0. The van der Waals surface area contributed by atoms with Gasteiger partial charge in [-0.05, 0) is 36.3 Å².